The van der Waals surface area contributed by atoms with Crippen LogP contribution in [-0.2, 0) is 4.57 Å². The molecule has 0 amide bonds. The molecule has 0 aliphatic carbocycles. The Kier molecular flexibility index (Phi) is 7.81. The first kappa shape index (κ1) is 20.4. The third-order valence-electron chi connectivity index (χ3n) is 3.11. The Balaban J connectivity index is 0.00000242. The zero-order valence-electron chi connectivity index (χ0n) is 13.5. The van der Waals surface area contributed by atoms with Crippen molar-refractivity contribution in [3.63, 3.8) is 0 Å². The molecular weight excluding hydrogens is 342 g/mol. The SMILES string of the molecule is Cc1ccc(C)c(SP(=O)([O-])Sc2cc(C)ccc2C)c1.[Na+]. The Morgan fingerprint density at radius 1 is 0.818 bits per heavy atom. The molecule has 0 saturated heterocycles. The number of benzene rings is 2. The Bertz CT molecular complexity index is 662. The van der Waals surface area contributed by atoms with Gasteiger partial charge in [0.05, 0.1) is 0 Å². The van der Waals surface area contributed by atoms with Gasteiger partial charge >= 0.3 is 29.6 Å². The maximum Gasteiger partial charge on any atom is 1.00 e. The van der Waals surface area contributed by atoms with E-state index in [4.69, 9.17) is 0 Å². The minimum Gasteiger partial charge on any atom is -0.783 e. The molecule has 0 aliphatic heterocycles. The molecular formula is C16H18NaO2PS2. The number of hydrogen-bond acceptors (Lipinski definition) is 4. The van der Waals surface area contributed by atoms with E-state index in [1.54, 1.807) is 0 Å². The van der Waals surface area contributed by atoms with Crippen LogP contribution in [0.25, 0.3) is 0 Å². The molecule has 0 fully saturated rings. The predicted octanol–water partition coefficient (Wildman–Crippen LogP) is 2.28. The molecule has 0 aromatic heterocycles. The summed E-state index contributed by atoms with van der Waals surface area (Å²) in [4.78, 5) is 14.1. The Labute approximate surface area is 162 Å². The van der Waals surface area contributed by atoms with E-state index in [9.17, 15) is 9.46 Å². The molecule has 0 aliphatic rings. The van der Waals surface area contributed by atoms with E-state index in [1.165, 1.54) is 0 Å². The largest absolute Gasteiger partial charge is 1.00 e. The van der Waals surface area contributed by atoms with Gasteiger partial charge in [-0.25, -0.2) is 0 Å². The van der Waals surface area contributed by atoms with E-state index in [-0.39, 0.29) is 29.6 Å². The fourth-order valence-corrected chi connectivity index (χ4v) is 7.81. The van der Waals surface area contributed by atoms with Crippen molar-refractivity contribution in [2.45, 2.75) is 37.5 Å². The van der Waals surface area contributed by atoms with Crippen LogP contribution >= 0.6 is 28.5 Å². The maximum absolute atomic E-state index is 12.5. The van der Waals surface area contributed by atoms with Crippen molar-refractivity contribution in [3.8, 4) is 0 Å². The smallest absolute Gasteiger partial charge is 0.783 e. The first-order valence-electron chi connectivity index (χ1n) is 6.61. The molecule has 0 spiro atoms. The molecule has 112 valence electrons. The van der Waals surface area contributed by atoms with Gasteiger partial charge < -0.3 is 9.46 Å². The van der Waals surface area contributed by atoms with Crippen LogP contribution in [0.3, 0.4) is 0 Å². The van der Waals surface area contributed by atoms with Crippen LogP contribution in [0.1, 0.15) is 22.3 Å². The molecule has 22 heavy (non-hydrogen) atoms. The van der Waals surface area contributed by atoms with Crippen LogP contribution in [-0.4, -0.2) is 0 Å². The maximum atomic E-state index is 12.5. The summed E-state index contributed by atoms with van der Waals surface area (Å²) in [6.07, 6.45) is 0. The van der Waals surface area contributed by atoms with Gasteiger partial charge in [-0.2, -0.15) is 0 Å². The summed E-state index contributed by atoms with van der Waals surface area (Å²) in [5.41, 5.74) is 4.12. The first-order chi connectivity index (χ1) is 9.77. The van der Waals surface area contributed by atoms with Crippen molar-refractivity contribution in [1.29, 1.82) is 0 Å². The van der Waals surface area contributed by atoms with E-state index < -0.39 is 5.77 Å². The van der Waals surface area contributed by atoms with Crippen molar-refractivity contribution in [2.24, 2.45) is 0 Å². The molecule has 0 unspecified atom stereocenters. The van der Waals surface area contributed by atoms with Crippen molar-refractivity contribution in [3.05, 3.63) is 58.7 Å². The normalized spacial score (nSPS) is 11.1. The fourth-order valence-electron chi connectivity index (χ4n) is 1.87. The standard InChI is InChI=1S/C16H19O2PS2.Na/c1-11-5-7-13(3)15(9-11)20-19(17,18)21-16-10-12(2)6-8-14(16)4;/h5-10H,1-4H3,(H,17,18);/q;+1/p-1. The predicted molar refractivity (Wildman–Crippen MR) is 91.2 cm³/mol. The van der Waals surface area contributed by atoms with Crippen LogP contribution in [0.5, 0.6) is 0 Å². The number of hydrogen-bond donors (Lipinski definition) is 0. The Hall–Kier alpha value is 0.330. The third kappa shape index (κ3) is 5.76. The third-order valence-corrected chi connectivity index (χ3v) is 8.69. The molecule has 2 aromatic carbocycles. The Morgan fingerprint density at radius 3 is 1.55 bits per heavy atom. The van der Waals surface area contributed by atoms with Crippen molar-refractivity contribution < 1.29 is 39.0 Å². The van der Waals surface area contributed by atoms with E-state index in [0.29, 0.717) is 0 Å². The van der Waals surface area contributed by atoms with Gasteiger partial charge in [0.2, 0.25) is 0 Å². The summed E-state index contributed by atoms with van der Waals surface area (Å²) in [6.45, 7) is 7.81. The van der Waals surface area contributed by atoms with Crippen molar-refractivity contribution >= 4 is 28.5 Å². The van der Waals surface area contributed by atoms with Crippen LogP contribution in [0.4, 0.5) is 0 Å². The van der Waals surface area contributed by atoms with Crippen LogP contribution in [0.15, 0.2) is 46.2 Å². The van der Waals surface area contributed by atoms with Gasteiger partial charge in [0, 0.05) is 9.79 Å². The summed E-state index contributed by atoms with van der Waals surface area (Å²) in [6, 6.07) is 11.8. The molecule has 0 heterocycles. The Morgan fingerprint density at radius 2 is 1.18 bits per heavy atom. The molecule has 2 aromatic rings. The second-order valence-corrected chi connectivity index (χ2v) is 12.0. The summed E-state index contributed by atoms with van der Waals surface area (Å²) >= 11 is 1.92. The van der Waals surface area contributed by atoms with Gasteiger partial charge in [-0.1, -0.05) is 47.0 Å². The summed E-state index contributed by atoms with van der Waals surface area (Å²) in [7, 11) is 0. The van der Waals surface area contributed by atoms with Crippen molar-refractivity contribution in [2.75, 3.05) is 0 Å². The van der Waals surface area contributed by atoms with Gasteiger partial charge in [0.15, 0.2) is 0 Å². The molecule has 0 saturated carbocycles. The van der Waals surface area contributed by atoms with Crippen LogP contribution in [0.2, 0.25) is 0 Å². The first-order valence-corrected chi connectivity index (χ1v) is 11.1. The van der Waals surface area contributed by atoms with E-state index >= 15 is 0 Å². The monoisotopic (exact) mass is 360 g/mol. The molecule has 0 radical (unpaired) electrons. The van der Waals surface area contributed by atoms with E-state index in [1.807, 2.05) is 64.1 Å². The van der Waals surface area contributed by atoms with Gasteiger partial charge in [0.25, 0.3) is 0 Å². The van der Waals surface area contributed by atoms with Gasteiger partial charge in [-0.05, 0) is 62.1 Å². The zero-order valence-corrected chi connectivity index (χ0v) is 18.1. The minimum absolute atomic E-state index is 0. The zero-order chi connectivity index (χ0) is 15.6. The van der Waals surface area contributed by atoms with Crippen LogP contribution in [0, 0.1) is 27.7 Å². The molecule has 2 nitrogen and oxygen atoms in total. The molecule has 0 atom stereocenters. The molecule has 6 heteroatoms. The summed E-state index contributed by atoms with van der Waals surface area (Å²) in [5, 5.41) is 0. The topological polar surface area (TPSA) is 40.1 Å². The molecule has 0 N–H and O–H groups in total. The number of rotatable bonds is 4. The average molecular weight is 360 g/mol. The van der Waals surface area contributed by atoms with Crippen LogP contribution < -0.4 is 34.5 Å². The fraction of sp³-hybridized carbons (Fsp3) is 0.250. The summed E-state index contributed by atoms with van der Waals surface area (Å²) in [5.74, 6) is -3.65. The second-order valence-electron chi connectivity index (χ2n) is 5.17. The van der Waals surface area contributed by atoms with E-state index in [2.05, 4.69) is 0 Å². The summed E-state index contributed by atoms with van der Waals surface area (Å²) < 4.78 is 12.5. The molecule has 2 rings (SSSR count). The number of aryl methyl sites for hydroxylation is 4. The van der Waals surface area contributed by atoms with Gasteiger partial charge in [0.1, 0.15) is 5.77 Å². The van der Waals surface area contributed by atoms with Gasteiger partial charge in [-0.15, -0.1) is 0 Å². The van der Waals surface area contributed by atoms with Gasteiger partial charge in [-0.3, -0.25) is 0 Å². The molecule has 0 bridgehead atoms. The quantitative estimate of drug-likeness (QED) is 0.620. The minimum atomic E-state index is -3.65. The van der Waals surface area contributed by atoms with Crippen molar-refractivity contribution in [1.82, 2.24) is 0 Å². The van der Waals surface area contributed by atoms with E-state index in [0.717, 1.165) is 54.8 Å². The second kappa shape index (κ2) is 8.43. The average Bonchev–Trinajstić information content (AvgIpc) is 2.37.